The Morgan fingerprint density at radius 2 is 1.41 bits per heavy atom. The number of benzene rings is 3. The first-order valence-corrected chi connectivity index (χ1v) is 12.8. The molecular formula is C30H31N3O4. The number of nitrogens with zero attached hydrogens (tertiary/aromatic N) is 2. The summed E-state index contributed by atoms with van der Waals surface area (Å²) in [6.45, 7) is 2.42. The molecule has 2 heterocycles. The predicted molar refractivity (Wildman–Crippen MR) is 141 cm³/mol. The third-order valence-corrected chi connectivity index (χ3v) is 7.17. The summed E-state index contributed by atoms with van der Waals surface area (Å²) in [5.74, 6) is 0.158. The average molecular weight is 498 g/mol. The van der Waals surface area contributed by atoms with Gasteiger partial charge in [0.25, 0.3) is 5.91 Å². The Bertz CT molecular complexity index is 1220. The largest absolute Gasteiger partial charge is 0.445 e. The Hall–Kier alpha value is -4.13. The maximum atomic E-state index is 12.7. The molecule has 0 bridgehead atoms. The van der Waals surface area contributed by atoms with Crippen LogP contribution in [0.5, 0.6) is 0 Å². The van der Waals surface area contributed by atoms with E-state index < -0.39 is 6.09 Å². The number of nitrogens with one attached hydrogen (secondary N) is 1. The third kappa shape index (κ3) is 6.00. The number of carbonyl (C=O) groups excluding carboxylic acids is 3. The van der Waals surface area contributed by atoms with E-state index in [-0.39, 0.29) is 24.3 Å². The van der Waals surface area contributed by atoms with Gasteiger partial charge in [-0.15, -0.1) is 0 Å². The van der Waals surface area contributed by atoms with Crippen LogP contribution in [0.4, 0.5) is 10.5 Å². The minimum atomic E-state index is -0.395. The summed E-state index contributed by atoms with van der Waals surface area (Å²) in [5.41, 5.74) is 3.64. The van der Waals surface area contributed by atoms with Crippen molar-refractivity contribution in [3.05, 3.63) is 102 Å². The molecule has 2 aliphatic heterocycles. The van der Waals surface area contributed by atoms with Gasteiger partial charge in [0.05, 0.1) is 5.92 Å². The van der Waals surface area contributed by atoms with E-state index >= 15 is 0 Å². The average Bonchev–Trinajstić information content (AvgIpc) is 2.92. The Balaban J connectivity index is 1.04. The molecule has 3 aromatic rings. The van der Waals surface area contributed by atoms with E-state index in [1.54, 1.807) is 4.90 Å². The molecular weight excluding hydrogens is 466 g/mol. The van der Waals surface area contributed by atoms with Gasteiger partial charge in [-0.2, -0.15) is 0 Å². The number of likely N-dealkylation sites (tertiary alicyclic amines) is 2. The summed E-state index contributed by atoms with van der Waals surface area (Å²) in [4.78, 5) is 41.0. The first kappa shape index (κ1) is 24.6. The van der Waals surface area contributed by atoms with E-state index in [1.807, 2.05) is 77.7 Å². The molecule has 7 heteroatoms. The lowest BCUT2D eigenvalue weighted by Crippen LogP contribution is -2.54. The third-order valence-electron chi connectivity index (χ3n) is 7.17. The first-order chi connectivity index (χ1) is 18.1. The quantitative estimate of drug-likeness (QED) is 0.525. The fourth-order valence-corrected chi connectivity index (χ4v) is 4.87. The van der Waals surface area contributed by atoms with E-state index in [0.717, 1.165) is 42.7 Å². The summed E-state index contributed by atoms with van der Waals surface area (Å²) in [6, 6.07) is 26.9. The standard InChI is InChI=1S/C30H31N3O4/c34-28(26-19-33(20-26)30(36)37-21-22-7-3-1-4-8-22)31-27-13-11-23(12-14-27)24-15-17-32(18-16-24)29(35)25-9-5-2-6-10-25/h1-14,24,26H,15-21H2,(H,31,34). The number of anilines is 1. The number of ether oxygens (including phenoxy) is 1. The lowest BCUT2D eigenvalue weighted by molar-refractivity contribution is -0.124. The zero-order valence-electron chi connectivity index (χ0n) is 20.7. The topological polar surface area (TPSA) is 79.0 Å². The predicted octanol–water partition coefficient (Wildman–Crippen LogP) is 4.91. The Kier molecular flexibility index (Phi) is 7.49. The highest BCUT2D eigenvalue weighted by Gasteiger charge is 2.36. The molecule has 0 aromatic heterocycles. The normalized spacial score (nSPS) is 16.1. The molecule has 3 amide bonds. The van der Waals surface area contributed by atoms with Crippen molar-refractivity contribution in [2.75, 3.05) is 31.5 Å². The highest BCUT2D eigenvalue weighted by Crippen LogP contribution is 2.30. The second kappa shape index (κ2) is 11.3. The van der Waals surface area contributed by atoms with Crippen LogP contribution in [-0.4, -0.2) is 53.9 Å². The number of amides is 3. The molecule has 0 atom stereocenters. The van der Waals surface area contributed by atoms with Gasteiger partial charge in [-0.05, 0) is 54.2 Å². The van der Waals surface area contributed by atoms with Crippen molar-refractivity contribution in [1.29, 1.82) is 0 Å². The van der Waals surface area contributed by atoms with Crippen molar-refractivity contribution < 1.29 is 19.1 Å². The van der Waals surface area contributed by atoms with Crippen LogP contribution in [0.15, 0.2) is 84.9 Å². The fourth-order valence-electron chi connectivity index (χ4n) is 4.87. The molecule has 0 spiro atoms. The van der Waals surface area contributed by atoms with E-state index in [9.17, 15) is 14.4 Å². The molecule has 7 nitrogen and oxygen atoms in total. The van der Waals surface area contributed by atoms with Crippen LogP contribution in [0.3, 0.4) is 0 Å². The summed E-state index contributed by atoms with van der Waals surface area (Å²) in [7, 11) is 0. The summed E-state index contributed by atoms with van der Waals surface area (Å²) < 4.78 is 5.32. The van der Waals surface area contributed by atoms with Gasteiger partial charge in [0, 0.05) is 37.4 Å². The molecule has 190 valence electrons. The zero-order chi connectivity index (χ0) is 25.6. The number of rotatable bonds is 6. The van der Waals surface area contributed by atoms with Gasteiger partial charge in [0.15, 0.2) is 0 Å². The van der Waals surface area contributed by atoms with Crippen LogP contribution < -0.4 is 5.32 Å². The second-order valence-corrected chi connectivity index (χ2v) is 9.69. The number of piperidine rings is 1. The number of hydrogen-bond acceptors (Lipinski definition) is 4. The van der Waals surface area contributed by atoms with E-state index in [4.69, 9.17) is 4.74 Å². The molecule has 37 heavy (non-hydrogen) atoms. The maximum absolute atomic E-state index is 12.7. The fraction of sp³-hybridized carbons (Fsp3) is 0.300. The monoisotopic (exact) mass is 497 g/mol. The van der Waals surface area contributed by atoms with Gasteiger partial charge in [-0.1, -0.05) is 60.7 Å². The molecule has 0 unspecified atom stereocenters. The van der Waals surface area contributed by atoms with Crippen LogP contribution in [0, 0.1) is 5.92 Å². The van der Waals surface area contributed by atoms with Crippen molar-refractivity contribution in [3.63, 3.8) is 0 Å². The molecule has 0 radical (unpaired) electrons. The molecule has 2 fully saturated rings. The van der Waals surface area contributed by atoms with Gasteiger partial charge >= 0.3 is 6.09 Å². The Labute approximate surface area is 217 Å². The van der Waals surface area contributed by atoms with Gasteiger partial charge in [-0.25, -0.2) is 4.79 Å². The van der Waals surface area contributed by atoms with Gasteiger partial charge in [0.1, 0.15) is 6.61 Å². The van der Waals surface area contributed by atoms with Crippen LogP contribution in [0.25, 0.3) is 0 Å². The van der Waals surface area contributed by atoms with Crippen molar-refractivity contribution in [3.8, 4) is 0 Å². The second-order valence-electron chi connectivity index (χ2n) is 9.69. The minimum Gasteiger partial charge on any atom is -0.445 e. The van der Waals surface area contributed by atoms with Gasteiger partial charge in [-0.3, -0.25) is 9.59 Å². The molecule has 0 aliphatic carbocycles. The Morgan fingerprint density at radius 3 is 2.05 bits per heavy atom. The summed E-state index contributed by atoms with van der Waals surface area (Å²) in [5, 5.41) is 2.96. The van der Waals surface area contributed by atoms with Crippen molar-refractivity contribution in [2.24, 2.45) is 5.92 Å². The zero-order valence-corrected chi connectivity index (χ0v) is 20.7. The van der Waals surface area contributed by atoms with E-state index in [2.05, 4.69) is 17.4 Å². The van der Waals surface area contributed by atoms with Crippen molar-refractivity contribution in [1.82, 2.24) is 9.80 Å². The smallest absolute Gasteiger partial charge is 0.410 e. The molecule has 2 saturated heterocycles. The van der Waals surface area contributed by atoms with Gasteiger partial charge < -0.3 is 19.9 Å². The highest BCUT2D eigenvalue weighted by atomic mass is 16.6. The Morgan fingerprint density at radius 1 is 0.784 bits per heavy atom. The first-order valence-electron chi connectivity index (χ1n) is 12.8. The van der Waals surface area contributed by atoms with Crippen LogP contribution >= 0.6 is 0 Å². The van der Waals surface area contributed by atoms with Crippen LogP contribution in [0.1, 0.15) is 40.2 Å². The number of hydrogen-bond donors (Lipinski definition) is 1. The molecule has 1 N–H and O–H groups in total. The molecule has 0 saturated carbocycles. The molecule has 5 rings (SSSR count). The highest BCUT2D eigenvalue weighted by molar-refractivity contribution is 5.95. The maximum Gasteiger partial charge on any atom is 0.410 e. The SMILES string of the molecule is O=C(Nc1ccc(C2CCN(C(=O)c3ccccc3)CC2)cc1)C1CN(C(=O)OCc2ccccc2)C1. The lowest BCUT2D eigenvalue weighted by Gasteiger charge is -2.37. The van der Waals surface area contributed by atoms with Gasteiger partial charge in [0.2, 0.25) is 5.91 Å². The summed E-state index contributed by atoms with van der Waals surface area (Å²) >= 11 is 0. The minimum absolute atomic E-state index is 0.0902. The van der Waals surface area contributed by atoms with Crippen molar-refractivity contribution in [2.45, 2.75) is 25.4 Å². The van der Waals surface area contributed by atoms with Crippen LogP contribution in [0.2, 0.25) is 0 Å². The van der Waals surface area contributed by atoms with E-state index in [1.165, 1.54) is 5.56 Å². The molecule has 2 aliphatic rings. The number of carbonyl (C=O) groups is 3. The van der Waals surface area contributed by atoms with Crippen molar-refractivity contribution >= 4 is 23.6 Å². The van der Waals surface area contributed by atoms with E-state index in [0.29, 0.717) is 19.0 Å². The van der Waals surface area contributed by atoms with Crippen LogP contribution in [-0.2, 0) is 16.1 Å². The molecule has 3 aromatic carbocycles. The summed E-state index contributed by atoms with van der Waals surface area (Å²) in [6.07, 6.45) is 1.44. The lowest BCUT2D eigenvalue weighted by atomic mass is 9.89.